The summed E-state index contributed by atoms with van der Waals surface area (Å²) in [6, 6.07) is 8.10. The van der Waals surface area contributed by atoms with Gasteiger partial charge in [0.15, 0.2) is 0 Å². The van der Waals surface area contributed by atoms with Gasteiger partial charge in [0, 0.05) is 24.4 Å². The van der Waals surface area contributed by atoms with Crippen molar-refractivity contribution in [3.8, 4) is 5.75 Å². The minimum absolute atomic E-state index is 0.0537. The monoisotopic (exact) mass is 294 g/mol. The predicted octanol–water partition coefficient (Wildman–Crippen LogP) is 4.28. The number of benzene rings is 1. The molecule has 0 saturated carbocycles. The standard InChI is InChI=1S/C15H16ClFN2O/c1-2-7-18-15-11(4-3-8-19-15)10-20-12-5-6-14(17)13(16)9-12/h3-6,8-9H,2,7,10H2,1H3,(H,18,19). The van der Waals surface area contributed by atoms with Gasteiger partial charge < -0.3 is 10.1 Å². The van der Waals surface area contributed by atoms with Crippen molar-refractivity contribution >= 4 is 17.4 Å². The van der Waals surface area contributed by atoms with E-state index in [1.54, 1.807) is 12.3 Å². The highest BCUT2D eigenvalue weighted by atomic mass is 35.5. The molecule has 1 N–H and O–H groups in total. The molecule has 0 spiro atoms. The number of nitrogens with one attached hydrogen (secondary N) is 1. The molecule has 0 unspecified atom stereocenters. The Morgan fingerprint density at radius 1 is 1.35 bits per heavy atom. The predicted molar refractivity (Wildman–Crippen MR) is 78.8 cm³/mol. The SMILES string of the molecule is CCCNc1ncccc1COc1ccc(F)c(Cl)c1. The first-order valence-corrected chi connectivity index (χ1v) is 6.84. The topological polar surface area (TPSA) is 34.2 Å². The fraction of sp³-hybridized carbons (Fsp3) is 0.267. The van der Waals surface area contributed by atoms with Crippen LogP contribution in [-0.4, -0.2) is 11.5 Å². The molecule has 1 heterocycles. The number of halogens is 2. The number of rotatable bonds is 6. The third kappa shape index (κ3) is 3.84. The molecule has 2 aromatic rings. The molecular formula is C15H16ClFN2O. The summed E-state index contributed by atoms with van der Waals surface area (Å²) >= 11 is 5.72. The summed E-state index contributed by atoms with van der Waals surface area (Å²) in [5, 5.41) is 3.30. The van der Waals surface area contributed by atoms with Crippen molar-refractivity contribution in [2.45, 2.75) is 20.0 Å². The van der Waals surface area contributed by atoms with Crippen LogP contribution in [0.1, 0.15) is 18.9 Å². The Hall–Kier alpha value is -1.81. The van der Waals surface area contributed by atoms with Gasteiger partial charge >= 0.3 is 0 Å². The fourth-order valence-corrected chi connectivity index (χ4v) is 1.86. The van der Waals surface area contributed by atoms with Gasteiger partial charge in [0.05, 0.1) is 5.02 Å². The van der Waals surface area contributed by atoms with Gasteiger partial charge in [-0.2, -0.15) is 0 Å². The molecule has 0 atom stereocenters. The molecular weight excluding hydrogens is 279 g/mol. The largest absolute Gasteiger partial charge is 0.489 e. The molecule has 1 aromatic carbocycles. The van der Waals surface area contributed by atoms with Gasteiger partial charge in [-0.25, -0.2) is 9.37 Å². The highest BCUT2D eigenvalue weighted by Gasteiger charge is 2.05. The third-order valence-corrected chi connectivity index (χ3v) is 3.01. The van der Waals surface area contributed by atoms with Crippen molar-refractivity contribution in [1.29, 1.82) is 0 Å². The molecule has 0 aliphatic heterocycles. The number of pyridine rings is 1. The molecule has 0 saturated heterocycles. The van der Waals surface area contributed by atoms with Crippen LogP contribution >= 0.6 is 11.6 Å². The Morgan fingerprint density at radius 2 is 2.20 bits per heavy atom. The minimum Gasteiger partial charge on any atom is -0.489 e. The number of hydrogen-bond acceptors (Lipinski definition) is 3. The van der Waals surface area contributed by atoms with Crippen LogP contribution in [0.5, 0.6) is 5.75 Å². The average molecular weight is 295 g/mol. The van der Waals surface area contributed by atoms with Gasteiger partial charge in [0.2, 0.25) is 0 Å². The normalized spacial score (nSPS) is 10.3. The number of anilines is 1. The Bertz CT molecular complexity index is 578. The van der Waals surface area contributed by atoms with E-state index in [9.17, 15) is 4.39 Å². The highest BCUT2D eigenvalue weighted by molar-refractivity contribution is 6.30. The zero-order valence-corrected chi connectivity index (χ0v) is 12.0. The molecule has 0 aliphatic carbocycles. The maximum Gasteiger partial charge on any atom is 0.142 e. The van der Waals surface area contributed by atoms with Crippen LogP contribution in [0.15, 0.2) is 36.5 Å². The lowest BCUT2D eigenvalue weighted by molar-refractivity contribution is 0.306. The second-order valence-electron chi connectivity index (χ2n) is 4.30. The van der Waals surface area contributed by atoms with Gasteiger partial charge in [0.1, 0.15) is 24.0 Å². The molecule has 0 aliphatic rings. The Kier molecular flexibility index (Phi) is 5.18. The van der Waals surface area contributed by atoms with E-state index in [0.29, 0.717) is 12.4 Å². The van der Waals surface area contributed by atoms with Crippen molar-refractivity contribution in [1.82, 2.24) is 4.98 Å². The van der Waals surface area contributed by atoms with Crippen molar-refractivity contribution < 1.29 is 9.13 Å². The number of aromatic nitrogens is 1. The highest BCUT2D eigenvalue weighted by Crippen LogP contribution is 2.22. The molecule has 3 nitrogen and oxygen atoms in total. The van der Waals surface area contributed by atoms with Gasteiger partial charge in [-0.1, -0.05) is 24.6 Å². The zero-order valence-electron chi connectivity index (χ0n) is 11.2. The second-order valence-corrected chi connectivity index (χ2v) is 4.71. The minimum atomic E-state index is -0.453. The summed E-state index contributed by atoms with van der Waals surface area (Å²) in [6.45, 7) is 3.29. The van der Waals surface area contributed by atoms with Crippen LogP contribution in [-0.2, 0) is 6.61 Å². The first-order chi connectivity index (χ1) is 9.70. The average Bonchev–Trinajstić information content (AvgIpc) is 2.47. The van der Waals surface area contributed by atoms with Crippen LogP contribution in [0, 0.1) is 5.82 Å². The van der Waals surface area contributed by atoms with Crippen LogP contribution in [0.25, 0.3) is 0 Å². The molecule has 5 heteroatoms. The van der Waals surface area contributed by atoms with Gasteiger partial charge in [0.25, 0.3) is 0 Å². The zero-order chi connectivity index (χ0) is 14.4. The van der Waals surface area contributed by atoms with E-state index in [0.717, 1.165) is 24.3 Å². The quantitative estimate of drug-likeness (QED) is 0.863. The lowest BCUT2D eigenvalue weighted by Gasteiger charge is -2.11. The van der Waals surface area contributed by atoms with Crippen molar-refractivity contribution in [3.63, 3.8) is 0 Å². The number of ether oxygens (including phenoxy) is 1. The molecule has 2 rings (SSSR count). The number of nitrogens with zero attached hydrogens (tertiary/aromatic N) is 1. The summed E-state index contributed by atoms with van der Waals surface area (Å²) in [7, 11) is 0. The summed E-state index contributed by atoms with van der Waals surface area (Å²) in [5.74, 6) is 0.884. The summed E-state index contributed by atoms with van der Waals surface area (Å²) < 4.78 is 18.7. The van der Waals surface area contributed by atoms with Gasteiger partial charge in [-0.15, -0.1) is 0 Å². The van der Waals surface area contributed by atoms with Crippen LogP contribution in [0.3, 0.4) is 0 Å². The second kappa shape index (κ2) is 7.10. The Balaban J connectivity index is 2.04. The maximum atomic E-state index is 13.1. The van der Waals surface area contributed by atoms with Crippen molar-refractivity contribution in [2.75, 3.05) is 11.9 Å². The van der Waals surface area contributed by atoms with Crippen LogP contribution in [0.4, 0.5) is 10.2 Å². The van der Waals surface area contributed by atoms with E-state index in [2.05, 4.69) is 17.2 Å². The van der Waals surface area contributed by atoms with Crippen LogP contribution < -0.4 is 10.1 Å². The van der Waals surface area contributed by atoms with E-state index in [1.807, 2.05) is 12.1 Å². The van der Waals surface area contributed by atoms with E-state index in [1.165, 1.54) is 12.1 Å². The number of hydrogen-bond donors (Lipinski definition) is 1. The Labute approximate surface area is 122 Å². The molecule has 20 heavy (non-hydrogen) atoms. The van der Waals surface area contributed by atoms with Gasteiger partial charge in [-0.3, -0.25) is 0 Å². The first kappa shape index (κ1) is 14.6. The maximum absolute atomic E-state index is 13.1. The summed E-state index contributed by atoms with van der Waals surface area (Å²) in [4.78, 5) is 4.28. The lowest BCUT2D eigenvalue weighted by atomic mass is 10.2. The van der Waals surface area contributed by atoms with Crippen molar-refractivity contribution in [3.05, 3.63) is 52.9 Å². The molecule has 0 fully saturated rings. The molecule has 106 valence electrons. The third-order valence-electron chi connectivity index (χ3n) is 2.72. The van der Waals surface area contributed by atoms with Crippen molar-refractivity contribution in [2.24, 2.45) is 0 Å². The summed E-state index contributed by atoms with van der Waals surface area (Å²) in [5.41, 5.74) is 0.946. The molecule has 0 radical (unpaired) electrons. The van der Waals surface area contributed by atoms with E-state index >= 15 is 0 Å². The smallest absolute Gasteiger partial charge is 0.142 e. The molecule has 0 amide bonds. The van der Waals surface area contributed by atoms with E-state index < -0.39 is 5.82 Å². The lowest BCUT2D eigenvalue weighted by Crippen LogP contribution is -2.07. The van der Waals surface area contributed by atoms with Gasteiger partial charge in [-0.05, 0) is 24.6 Å². The molecule has 1 aromatic heterocycles. The van der Waals surface area contributed by atoms with E-state index in [4.69, 9.17) is 16.3 Å². The Morgan fingerprint density at radius 3 is 2.95 bits per heavy atom. The fourth-order valence-electron chi connectivity index (χ4n) is 1.69. The summed E-state index contributed by atoms with van der Waals surface area (Å²) in [6.07, 6.45) is 2.75. The first-order valence-electron chi connectivity index (χ1n) is 6.46. The van der Waals surface area contributed by atoms with Crippen LogP contribution in [0.2, 0.25) is 5.02 Å². The molecule has 0 bridgehead atoms. The van der Waals surface area contributed by atoms with E-state index in [-0.39, 0.29) is 5.02 Å².